The van der Waals surface area contributed by atoms with Crippen molar-refractivity contribution in [2.75, 3.05) is 19.5 Å². The maximum Gasteiger partial charge on any atom is 0.119 e. The zero-order valence-corrected chi connectivity index (χ0v) is 11.3. The van der Waals surface area contributed by atoms with Gasteiger partial charge in [0.05, 0.1) is 13.2 Å². The standard InChI is InChI=1S/C14H22N2O2/c1-10-14(2,6-7-18-10)16-9-11-8-12(17-3)4-5-13(11)15/h4-5,8,10,16H,6-7,9,15H2,1-3H3. The molecule has 0 aromatic heterocycles. The molecule has 0 aliphatic carbocycles. The molecule has 1 aromatic rings. The van der Waals surface area contributed by atoms with Gasteiger partial charge in [-0.25, -0.2) is 0 Å². The monoisotopic (exact) mass is 250 g/mol. The number of methoxy groups -OCH3 is 1. The molecule has 0 spiro atoms. The molecular formula is C14H22N2O2. The van der Waals surface area contributed by atoms with Crippen LogP contribution in [0.5, 0.6) is 5.75 Å². The normalized spacial score (nSPS) is 27.4. The number of benzene rings is 1. The molecule has 1 aliphatic heterocycles. The van der Waals surface area contributed by atoms with Crippen LogP contribution in [0.2, 0.25) is 0 Å². The Bertz CT molecular complexity index is 422. The van der Waals surface area contributed by atoms with Crippen molar-refractivity contribution >= 4 is 5.69 Å². The van der Waals surface area contributed by atoms with Crippen LogP contribution >= 0.6 is 0 Å². The number of hydrogen-bond donors (Lipinski definition) is 2. The first-order chi connectivity index (χ1) is 8.55. The van der Waals surface area contributed by atoms with E-state index < -0.39 is 0 Å². The van der Waals surface area contributed by atoms with E-state index >= 15 is 0 Å². The quantitative estimate of drug-likeness (QED) is 0.802. The van der Waals surface area contributed by atoms with Gasteiger partial charge >= 0.3 is 0 Å². The third kappa shape index (κ3) is 2.60. The lowest BCUT2D eigenvalue weighted by molar-refractivity contribution is 0.0881. The fourth-order valence-corrected chi connectivity index (χ4v) is 2.23. The Hall–Kier alpha value is -1.26. The van der Waals surface area contributed by atoms with Crippen molar-refractivity contribution in [2.24, 2.45) is 0 Å². The van der Waals surface area contributed by atoms with Gasteiger partial charge in [0, 0.05) is 24.4 Å². The maximum absolute atomic E-state index is 5.98. The Morgan fingerprint density at radius 1 is 1.56 bits per heavy atom. The molecule has 0 saturated carbocycles. The summed E-state index contributed by atoms with van der Waals surface area (Å²) in [7, 11) is 1.66. The van der Waals surface area contributed by atoms with Crippen molar-refractivity contribution in [1.82, 2.24) is 5.32 Å². The van der Waals surface area contributed by atoms with Crippen LogP contribution in [0.4, 0.5) is 5.69 Å². The average molecular weight is 250 g/mol. The van der Waals surface area contributed by atoms with Crippen LogP contribution in [0.25, 0.3) is 0 Å². The summed E-state index contributed by atoms with van der Waals surface area (Å²) in [6, 6.07) is 5.74. The predicted molar refractivity (Wildman–Crippen MR) is 72.7 cm³/mol. The van der Waals surface area contributed by atoms with Gasteiger partial charge in [0.15, 0.2) is 0 Å². The molecule has 0 amide bonds. The highest BCUT2D eigenvalue weighted by atomic mass is 16.5. The minimum atomic E-state index is 0.0233. The summed E-state index contributed by atoms with van der Waals surface area (Å²) < 4.78 is 10.8. The Morgan fingerprint density at radius 3 is 2.94 bits per heavy atom. The Kier molecular flexibility index (Phi) is 3.78. The summed E-state index contributed by atoms with van der Waals surface area (Å²) >= 11 is 0. The number of hydrogen-bond acceptors (Lipinski definition) is 4. The first-order valence-electron chi connectivity index (χ1n) is 6.34. The van der Waals surface area contributed by atoms with E-state index in [4.69, 9.17) is 15.2 Å². The van der Waals surface area contributed by atoms with Crippen LogP contribution < -0.4 is 15.8 Å². The highest BCUT2D eigenvalue weighted by molar-refractivity contribution is 5.50. The minimum absolute atomic E-state index is 0.0233. The molecule has 1 fully saturated rings. The lowest BCUT2D eigenvalue weighted by Crippen LogP contribution is -2.47. The summed E-state index contributed by atoms with van der Waals surface area (Å²) in [6.07, 6.45) is 1.25. The van der Waals surface area contributed by atoms with E-state index in [9.17, 15) is 0 Å². The van der Waals surface area contributed by atoms with E-state index in [-0.39, 0.29) is 11.6 Å². The van der Waals surface area contributed by atoms with Gasteiger partial charge in [-0.05, 0) is 44.0 Å². The second kappa shape index (κ2) is 5.16. The maximum atomic E-state index is 5.98. The molecule has 18 heavy (non-hydrogen) atoms. The van der Waals surface area contributed by atoms with Crippen LogP contribution in [0.1, 0.15) is 25.8 Å². The number of nitrogens with two attached hydrogens (primary N) is 1. The van der Waals surface area contributed by atoms with Crippen LogP contribution in [-0.4, -0.2) is 25.4 Å². The number of ether oxygens (including phenoxy) is 2. The van der Waals surface area contributed by atoms with E-state index in [0.717, 1.165) is 36.6 Å². The fraction of sp³-hybridized carbons (Fsp3) is 0.571. The molecule has 3 N–H and O–H groups in total. The van der Waals surface area contributed by atoms with Crippen molar-refractivity contribution in [3.63, 3.8) is 0 Å². The summed E-state index contributed by atoms with van der Waals surface area (Å²) in [4.78, 5) is 0. The Labute approximate surface area is 108 Å². The van der Waals surface area contributed by atoms with Gasteiger partial charge in [0.2, 0.25) is 0 Å². The molecule has 4 heteroatoms. The second-order valence-corrected chi connectivity index (χ2v) is 5.10. The SMILES string of the molecule is COc1ccc(N)c(CNC2(C)CCOC2C)c1. The predicted octanol–water partition coefficient (Wildman–Crippen LogP) is 1.93. The third-order valence-electron chi connectivity index (χ3n) is 3.92. The van der Waals surface area contributed by atoms with E-state index in [1.165, 1.54) is 0 Å². The lowest BCUT2D eigenvalue weighted by Gasteiger charge is -2.29. The molecule has 2 unspecified atom stereocenters. The first-order valence-corrected chi connectivity index (χ1v) is 6.34. The molecule has 0 radical (unpaired) electrons. The van der Waals surface area contributed by atoms with Crippen molar-refractivity contribution in [3.05, 3.63) is 23.8 Å². The van der Waals surface area contributed by atoms with Crippen LogP contribution in [0.15, 0.2) is 18.2 Å². The van der Waals surface area contributed by atoms with Gasteiger partial charge in [-0.2, -0.15) is 0 Å². The van der Waals surface area contributed by atoms with E-state index in [0.29, 0.717) is 0 Å². The fourth-order valence-electron chi connectivity index (χ4n) is 2.23. The van der Waals surface area contributed by atoms with E-state index in [2.05, 4.69) is 19.2 Å². The van der Waals surface area contributed by atoms with E-state index in [1.807, 2.05) is 18.2 Å². The zero-order chi connectivity index (χ0) is 13.2. The van der Waals surface area contributed by atoms with Crippen molar-refractivity contribution < 1.29 is 9.47 Å². The van der Waals surface area contributed by atoms with Gasteiger partial charge < -0.3 is 20.5 Å². The smallest absolute Gasteiger partial charge is 0.119 e. The molecule has 1 heterocycles. The van der Waals surface area contributed by atoms with Gasteiger partial charge in [-0.3, -0.25) is 0 Å². The van der Waals surface area contributed by atoms with Gasteiger partial charge in [-0.15, -0.1) is 0 Å². The number of anilines is 1. The van der Waals surface area contributed by atoms with Crippen molar-refractivity contribution in [2.45, 2.75) is 38.5 Å². The molecule has 100 valence electrons. The molecule has 1 saturated heterocycles. The molecule has 2 rings (SSSR count). The molecule has 2 atom stereocenters. The largest absolute Gasteiger partial charge is 0.497 e. The van der Waals surface area contributed by atoms with Crippen molar-refractivity contribution in [1.29, 1.82) is 0 Å². The molecule has 1 aromatic carbocycles. The third-order valence-corrected chi connectivity index (χ3v) is 3.92. The van der Waals surface area contributed by atoms with Gasteiger partial charge in [-0.1, -0.05) is 0 Å². The van der Waals surface area contributed by atoms with Crippen molar-refractivity contribution in [3.8, 4) is 5.75 Å². The number of nitrogen functional groups attached to an aromatic ring is 1. The van der Waals surface area contributed by atoms with Crippen LogP contribution in [-0.2, 0) is 11.3 Å². The molecule has 0 bridgehead atoms. The summed E-state index contributed by atoms with van der Waals surface area (Å²) in [6.45, 7) is 5.85. The Balaban J connectivity index is 2.05. The topological polar surface area (TPSA) is 56.5 Å². The summed E-state index contributed by atoms with van der Waals surface area (Å²) in [5, 5.41) is 3.56. The van der Waals surface area contributed by atoms with E-state index in [1.54, 1.807) is 7.11 Å². The molecular weight excluding hydrogens is 228 g/mol. The van der Waals surface area contributed by atoms with Crippen LogP contribution in [0.3, 0.4) is 0 Å². The first kappa shape index (κ1) is 13.2. The number of nitrogens with one attached hydrogen (secondary N) is 1. The van der Waals surface area contributed by atoms with Crippen LogP contribution in [0, 0.1) is 0 Å². The highest BCUT2D eigenvalue weighted by Crippen LogP contribution is 2.26. The molecule has 4 nitrogen and oxygen atoms in total. The second-order valence-electron chi connectivity index (χ2n) is 5.10. The zero-order valence-electron chi connectivity index (χ0n) is 11.3. The summed E-state index contributed by atoms with van der Waals surface area (Å²) in [5.41, 5.74) is 7.86. The van der Waals surface area contributed by atoms with Gasteiger partial charge in [0.25, 0.3) is 0 Å². The highest BCUT2D eigenvalue weighted by Gasteiger charge is 2.36. The minimum Gasteiger partial charge on any atom is -0.497 e. The Morgan fingerprint density at radius 2 is 2.33 bits per heavy atom. The lowest BCUT2D eigenvalue weighted by atomic mass is 9.94. The average Bonchev–Trinajstić information content (AvgIpc) is 2.69. The summed E-state index contributed by atoms with van der Waals surface area (Å²) in [5.74, 6) is 0.835. The molecule has 1 aliphatic rings. The van der Waals surface area contributed by atoms with Gasteiger partial charge in [0.1, 0.15) is 5.75 Å². The number of rotatable bonds is 4.